The summed E-state index contributed by atoms with van der Waals surface area (Å²) in [5.74, 6) is -9.98. The molecule has 24 heavy (non-hydrogen) atoms. The van der Waals surface area contributed by atoms with Crippen molar-refractivity contribution in [3.8, 4) is 0 Å². The summed E-state index contributed by atoms with van der Waals surface area (Å²) < 4.78 is 0. The minimum atomic E-state index is -1.61. The summed E-state index contributed by atoms with van der Waals surface area (Å²) >= 11 is 0. The van der Waals surface area contributed by atoms with Gasteiger partial charge in [-0.3, -0.25) is 19.2 Å². The minimum Gasteiger partial charge on any atom is -0.481 e. The van der Waals surface area contributed by atoms with Crippen LogP contribution in [0.15, 0.2) is 0 Å². The van der Waals surface area contributed by atoms with E-state index >= 15 is 0 Å². The lowest BCUT2D eigenvalue weighted by Crippen LogP contribution is -2.74. The molecule has 8 nitrogen and oxygen atoms in total. The Morgan fingerprint density at radius 1 is 0.917 bits per heavy atom. The van der Waals surface area contributed by atoms with Crippen LogP contribution in [0.1, 0.15) is 33.6 Å². The lowest BCUT2D eigenvalue weighted by Gasteiger charge is -2.69. The van der Waals surface area contributed by atoms with Crippen molar-refractivity contribution < 1.29 is 39.6 Å². The molecular weight excluding hydrogens is 320 g/mol. The van der Waals surface area contributed by atoms with E-state index in [2.05, 4.69) is 0 Å². The number of rotatable bonds is 5. The second-order valence-electron chi connectivity index (χ2n) is 7.50. The second-order valence-corrected chi connectivity index (χ2v) is 7.50. The van der Waals surface area contributed by atoms with Gasteiger partial charge in [0.15, 0.2) is 0 Å². The quantitative estimate of drug-likeness (QED) is 0.583. The van der Waals surface area contributed by atoms with Crippen molar-refractivity contribution in [1.29, 1.82) is 0 Å². The summed E-state index contributed by atoms with van der Waals surface area (Å²) in [5, 5.41) is 38.2. The summed E-state index contributed by atoms with van der Waals surface area (Å²) in [7, 11) is 0. The molecule has 2 aliphatic carbocycles. The maximum atomic E-state index is 12.1. The van der Waals surface area contributed by atoms with Crippen molar-refractivity contribution in [2.24, 2.45) is 40.4 Å². The first-order chi connectivity index (χ1) is 10.9. The van der Waals surface area contributed by atoms with Crippen molar-refractivity contribution in [2.75, 3.05) is 0 Å². The monoisotopic (exact) mass is 342 g/mol. The van der Waals surface area contributed by atoms with E-state index in [-0.39, 0.29) is 12.8 Å². The molecule has 134 valence electrons. The zero-order valence-electron chi connectivity index (χ0n) is 13.7. The van der Waals surface area contributed by atoms with Gasteiger partial charge in [-0.1, -0.05) is 20.8 Å². The zero-order chi connectivity index (χ0) is 18.6. The molecule has 2 fully saturated rings. The fraction of sp³-hybridized carbons (Fsp3) is 0.750. The molecule has 2 aliphatic rings. The van der Waals surface area contributed by atoms with Gasteiger partial charge < -0.3 is 20.4 Å². The molecule has 0 aliphatic heterocycles. The van der Waals surface area contributed by atoms with Crippen molar-refractivity contribution in [3.05, 3.63) is 0 Å². The number of aliphatic carboxylic acids is 4. The van der Waals surface area contributed by atoms with E-state index in [4.69, 9.17) is 0 Å². The third-order valence-electron chi connectivity index (χ3n) is 6.46. The Balaban J connectivity index is 2.59. The first-order valence-corrected chi connectivity index (χ1v) is 7.84. The average molecular weight is 342 g/mol. The smallest absolute Gasteiger partial charge is 0.311 e. The second kappa shape index (κ2) is 5.46. The maximum absolute atomic E-state index is 12.1. The van der Waals surface area contributed by atoms with Gasteiger partial charge in [0, 0.05) is 0 Å². The fourth-order valence-corrected chi connectivity index (χ4v) is 5.55. The topological polar surface area (TPSA) is 149 Å². The highest BCUT2D eigenvalue weighted by Gasteiger charge is 2.78. The molecule has 0 spiro atoms. The predicted molar refractivity (Wildman–Crippen MR) is 79.1 cm³/mol. The molecule has 0 aromatic rings. The summed E-state index contributed by atoms with van der Waals surface area (Å²) in [6.07, 6.45) is -0.292. The van der Waals surface area contributed by atoms with Crippen LogP contribution in [0.3, 0.4) is 0 Å². The third kappa shape index (κ3) is 1.98. The lowest BCUT2D eigenvalue weighted by molar-refractivity contribution is -0.262. The molecule has 0 radical (unpaired) electrons. The van der Waals surface area contributed by atoms with E-state index in [1.54, 1.807) is 20.8 Å². The molecule has 2 saturated carbocycles. The van der Waals surface area contributed by atoms with Crippen molar-refractivity contribution in [2.45, 2.75) is 33.6 Å². The molecular formula is C16H22O8. The number of hydrogen-bond acceptors (Lipinski definition) is 4. The van der Waals surface area contributed by atoms with E-state index in [9.17, 15) is 39.6 Å². The molecule has 4 N–H and O–H groups in total. The predicted octanol–water partition coefficient (Wildman–Crippen LogP) is 1.25. The van der Waals surface area contributed by atoms with E-state index in [0.29, 0.717) is 0 Å². The molecule has 6 unspecified atom stereocenters. The molecule has 6 atom stereocenters. The zero-order valence-corrected chi connectivity index (χ0v) is 13.7. The van der Waals surface area contributed by atoms with Crippen molar-refractivity contribution in [1.82, 2.24) is 0 Å². The van der Waals surface area contributed by atoms with Gasteiger partial charge in [0.05, 0.1) is 23.2 Å². The fourth-order valence-electron chi connectivity index (χ4n) is 5.55. The number of carboxylic acids is 4. The molecule has 0 aromatic carbocycles. The standard InChI is InChI=1S/C16H22O8/c1-6(2)16(14(23)24)10(13(21)22)9-4-7(11(17)18)8(12(19)20)5-15(9,16)3/h6-10H,4-5H2,1-3H3,(H,17,18)(H,19,20)(H,21,22)(H,23,24). The Hall–Kier alpha value is -2.12. The van der Waals surface area contributed by atoms with Gasteiger partial charge in [0.2, 0.25) is 0 Å². The Bertz CT molecular complexity index is 611. The van der Waals surface area contributed by atoms with Crippen LogP contribution in [-0.4, -0.2) is 44.3 Å². The number of carbonyl (C=O) groups is 4. The lowest BCUT2D eigenvalue weighted by atomic mass is 9.31. The number of hydrogen-bond donors (Lipinski definition) is 4. The Morgan fingerprint density at radius 3 is 1.75 bits per heavy atom. The molecule has 0 bridgehead atoms. The first-order valence-electron chi connectivity index (χ1n) is 7.84. The number of carboxylic acid groups (broad SMARTS) is 4. The van der Waals surface area contributed by atoms with Gasteiger partial charge in [-0.05, 0) is 30.1 Å². The van der Waals surface area contributed by atoms with Gasteiger partial charge in [-0.2, -0.15) is 0 Å². The van der Waals surface area contributed by atoms with Crippen LogP contribution >= 0.6 is 0 Å². The van der Waals surface area contributed by atoms with E-state index in [0.717, 1.165) is 0 Å². The highest BCUT2D eigenvalue weighted by Crippen LogP contribution is 2.73. The summed E-state index contributed by atoms with van der Waals surface area (Å²) in [4.78, 5) is 46.8. The number of fused-ring (bicyclic) bond motifs is 1. The van der Waals surface area contributed by atoms with Crippen LogP contribution < -0.4 is 0 Å². The Morgan fingerprint density at radius 2 is 1.42 bits per heavy atom. The maximum Gasteiger partial charge on any atom is 0.311 e. The van der Waals surface area contributed by atoms with Gasteiger partial charge in [-0.25, -0.2) is 0 Å². The molecule has 0 saturated heterocycles. The molecule has 2 rings (SSSR count). The summed E-state index contributed by atoms with van der Waals surface area (Å²) in [6, 6.07) is 0. The van der Waals surface area contributed by atoms with Crippen LogP contribution in [0, 0.1) is 40.4 Å². The summed E-state index contributed by atoms with van der Waals surface area (Å²) in [5.41, 5.74) is -2.69. The van der Waals surface area contributed by atoms with Crippen molar-refractivity contribution in [3.63, 3.8) is 0 Å². The highest BCUT2D eigenvalue weighted by molar-refractivity contribution is 5.89. The van der Waals surface area contributed by atoms with E-state index in [1.807, 2.05) is 0 Å². The molecule has 0 amide bonds. The molecule has 8 heteroatoms. The Kier molecular flexibility index (Phi) is 4.14. The SMILES string of the molecule is CC(C)C1(C(=O)O)C(C(=O)O)C2CC(C(=O)O)C(C(=O)O)CC21C. The van der Waals surface area contributed by atoms with Crippen LogP contribution in [-0.2, 0) is 19.2 Å². The van der Waals surface area contributed by atoms with Crippen LogP contribution in [0.5, 0.6) is 0 Å². The van der Waals surface area contributed by atoms with Gasteiger partial charge in [0.1, 0.15) is 0 Å². The third-order valence-corrected chi connectivity index (χ3v) is 6.46. The molecule has 0 aromatic heterocycles. The van der Waals surface area contributed by atoms with Gasteiger partial charge in [-0.15, -0.1) is 0 Å². The molecule has 0 heterocycles. The van der Waals surface area contributed by atoms with Crippen molar-refractivity contribution >= 4 is 23.9 Å². The summed E-state index contributed by atoms with van der Waals surface area (Å²) in [6.45, 7) is 4.83. The largest absolute Gasteiger partial charge is 0.481 e. The Labute approximate surface area is 138 Å². The first kappa shape index (κ1) is 18.2. The van der Waals surface area contributed by atoms with E-state index in [1.165, 1.54) is 0 Å². The van der Waals surface area contributed by atoms with Crippen LogP contribution in [0.4, 0.5) is 0 Å². The normalized spacial score (nSPS) is 41.2. The van der Waals surface area contributed by atoms with Gasteiger partial charge in [0.25, 0.3) is 0 Å². The van der Waals surface area contributed by atoms with Crippen LogP contribution in [0.25, 0.3) is 0 Å². The van der Waals surface area contributed by atoms with Crippen LogP contribution in [0.2, 0.25) is 0 Å². The average Bonchev–Trinajstić information content (AvgIpc) is 2.40. The van der Waals surface area contributed by atoms with Gasteiger partial charge >= 0.3 is 23.9 Å². The highest BCUT2D eigenvalue weighted by atomic mass is 16.4. The van der Waals surface area contributed by atoms with E-state index < -0.39 is 64.3 Å². The minimum absolute atomic E-state index is 0.137.